The Balaban J connectivity index is 1.29. The van der Waals surface area contributed by atoms with Crippen molar-refractivity contribution in [1.29, 1.82) is 0 Å². The van der Waals surface area contributed by atoms with Crippen molar-refractivity contribution in [2.24, 2.45) is 0 Å². The van der Waals surface area contributed by atoms with Gasteiger partial charge in [-0.3, -0.25) is 15.0 Å². The topological polar surface area (TPSA) is 64.5 Å². The SMILES string of the molecule is c1ccc(-c2ccc(-c3cc(-c4ccc(-c5ccccn5)cc4)nc(-c4ccc(-c5ccccn5)cc4)n3)cc2)nc1. The zero-order valence-corrected chi connectivity index (χ0v) is 22.7. The lowest BCUT2D eigenvalue weighted by molar-refractivity contribution is 1.18. The highest BCUT2D eigenvalue weighted by Crippen LogP contribution is 2.31. The molecule has 0 spiro atoms. The first-order valence-corrected chi connectivity index (χ1v) is 13.7. The first-order chi connectivity index (χ1) is 20.8. The zero-order valence-electron chi connectivity index (χ0n) is 22.7. The average molecular weight is 540 g/mol. The Labute approximate surface area is 244 Å². The Morgan fingerprint density at radius 1 is 0.286 bits per heavy atom. The van der Waals surface area contributed by atoms with E-state index in [4.69, 9.17) is 9.97 Å². The van der Waals surface area contributed by atoms with Gasteiger partial charge in [-0.15, -0.1) is 0 Å². The summed E-state index contributed by atoms with van der Waals surface area (Å²) in [6.07, 6.45) is 5.43. The van der Waals surface area contributed by atoms with Gasteiger partial charge in [-0.2, -0.15) is 0 Å². The van der Waals surface area contributed by atoms with E-state index in [9.17, 15) is 0 Å². The number of nitrogens with zero attached hydrogens (tertiary/aromatic N) is 5. The lowest BCUT2D eigenvalue weighted by Crippen LogP contribution is -1.96. The van der Waals surface area contributed by atoms with E-state index >= 15 is 0 Å². The molecule has 0 amide bonds. The van der Waals surface area contributed by atoms with E-state index < -0.39 is 0 Å². The van der Waals surface area contributed by atoms with Gasteiger partial charge in [0, 0.05) is 52.0 Å². The maximum Gasteiger partial charge on any atom is 0.160 e. The van der Waals surface area contributed by atoms with Gasteiger partial charge in [-0.05, 0) is 42.5 Å². The van der Waals surface area contributed by atoms with Crippen LogP contribution in [0.1, 0.15) is 0 Å². The fourth-order valence-electron chi connectivity index (χ4n) is 4.89. The summed E-state index contributed by atoms with van der Waals surface area (Å²) in [5.41, 5.74) is 10.6. The Kier molecular flexibility index (Phi) is 6.81. The molecule has 0 atom stereocenters. The average Bonchev–Trinajstić information content (AvgIpc) is 3.09. The number of hydrogen-bond acceptors (Lipinski definition) is 5. The lowest BCUT2D eigenvalue weighted by Gasteiger charge is -2.11. The maximum atomic E-state index is 5.02. The molecule has 0 radical (unpaired) electrons. The largest absolute Gasteiger partial charge is 0.256 e. The normalized spacial score (nSPS) is 10.9. The van der Waals surface area contributed by atoms with Crippen molar-refractivity contribution in [3.05, 3.63) is 152 Å². The van der Waals surface area contributed by atoms with Gasteiger partial charge in [0.25, 0.3) is 0 Å². The second kappa shape index (κ2) is 11.4. The van der Waals surface area contributed by atoms with Crippen LogP contribution in [0.15, 0.2) is 152 Å². The van der Waals surface area contributed by atoms with Gasteiger partial charge < -0.3 is 0 Å². The number of aromatic nitrogens is 5. The first-order valence-electron chi connectivity index (χ1n) is 13.7. The van der Waals surface area contributed by atoms with Crippen LogP contribution in [-0.2, 0) is 0 Å². The molecule has 198 valence electrons. The summed E-state index contributed by atoms with van der Waals surface area (Å²) in [7, 11) is 0. The minimum absolute atomic E-state index is 0.665. The fraction of sp³-hybridized carbons (Fsp3) is 0. The van der Waals surface area contributed by atoms with Crippen molar-refractivity contribution >= 4 is 0 Å². The summed E-state index contributed by atoms with van der Waals surface area (Å²) >= 11 is 0. The fourth-order valence-corrected chi connectivity index (χ4v) is 4.89. The van der Waals surface area contributed by atoms with Crippen LogP contribution in [0.4, 0.5) is 0 Å². The summed E-state index contributed by atoms with van der Waals surface area (Å²) < 4.78 is 0. The summed E-state index contributed by atoms with van der Waals surface area (Å²) in [5, 5.41) is 0. The minimum atomic E-state index is 0.665. The number of rotatable bonds is 6. The zero-order chi connectivity index (χ0) is 28.1. The van der Waals surface area contributed by atoms with E-state index in [1.807, 2.05) is 67.0 Å². The molecule has 0 aliphatic heterocycles. The second-order valence-corrected chi connectivity index (χ2v) is 9.84. The van der Waals surface area contributed by atoms with Crippen molar-refractivity contribution < 1.29 is 0 Å². The van der Waals surface area contributed by atoms with Crippen molar-refractivity contribution in [1.82, 2.24) is 24.9 Å². The highest BCUT2D eigenvalue weighted by molar-refractivity contribution is 5.75. The molecule has 0 aliphatic rings. The molecule has 3 aromatic carbocycles. The third-order valence-corrected chi connectivity index (χ3v) is 7.11. The van der Waals surface area contributed by atoms with E-state index in [0.29, 0.717) is 5.82 Å². The van der Waals surface area contributed by atoms with E-state index in [0.717, 1.165) is 61.9 Å². The summed E-state index contributed by atoms with van der Waals surface area (Å²) in [6, 6.07) is 44.8. The Morgan fingerprint density at radius 3 is 0.905 bits per heavy atom. The Morgan fingerprint density at radius 2 is 0.595 bits per heavy atom. The minimum Gasteiger partial charge on any atom is -0.256 e. The first kappa shape index (κ1) is 25.2. The van der Waals surface area contributed by atoms with E-state index in [-0.39, 0.29) is 0 Å². The molecule has 42 heavy (non-hydrogen) atoms. The maximum absolute atomic E-state index is 5.02. The third-order valence-electron chi connectivity index (χ3n) is 7.11. The van der Waals surface area contributed by atoms with Gasteiger partial charge in [0.05, 0.1) is 28.5 Å². The molecule has 0 fully saturated rings. The molecule has 0 N–H and O–H groups in total. The number of pyridine rings is 3. The molecular weight excluding hydrogens is 514 g/mol. The molecule has 5 heteroatoms. The molecule has 4 aromatic heterocycles. The molecule has 4 heterocycles. The molecule has 0 unspecified atom stereocenters. The molecule has 7 rings (SSSR count). The third kappa shape index (κ3) is 5.31. The highest BCUT2D eigenvalue weighted by atomic mass is 14.9. The molecule has 0 aliphatic carbocycles. The number of hydrogen-bond donors (Lipinski definition) is 0. The molecule has 0 bridgehead atoms. The van der Waals surface area contributed by atoms with Gasteiger partial charge in [0.15, 0.2) is 5.82 Å². The predicted octanol–water partition coefficient (Wildman–Crippen LogP) is 8.66. The Hall–Kier alpha value is -5.81. The summed E-state index contributed by atoms with van der Waals surface area (Å²) in [6.45, 7) is 0. The van der Waals surface area contributed by atoms with Crippen LogP contribution < -0.4 is 0 Å². The van der Waals surface area contributed by atoms with Crippen LogP contribution in [0.2, 0.25) is 0 Å². The van der Waals surface area contributed by atoms with Crippen LogP contribution in [0.25, 0.3) is 67.7 Å². The van der Waals surface area contributed by atoms with Gasteiger partial charge in [-0.1, -0.05) is 91.0 Å². The second-order valence-electron chi connectivity index (χ2n) is 9.84. The Bertz CT molecular complexity index is 1680. The molecule has 7 aromatic rings. The van der Waals surface area contributed by atoms with Crippen LogP contribution in [0, 0.1) is 0 Å². The van der Waals surface area contributed by atoms with Crippen LogP contribution in [-0.4, -0.2) is 24.9 Å². The van der Waals surface area contributed by atoms with Crippen LogP contribution in [0.3, 0.4) is 0 Å². The summed E-state index contributed by atoms with van der Waals surface area (Å²) in [5.74, 6) is 0.665. The molecule has 5 nitrogen and oxygen atoms in total. The van der Waals surface area contributed by atoms with Crippen LogP contribution in [0.5, 0.6) is 0 Å². The van der Waals surface area contributed by atoms with Crippen molar-refractivity contribution in [3.8, 4) is 67.7 Å². The van der Waals surface area contributed by atoms with Gasteiger partial charge in [0.2, 0.25) is 0 Å². The van der Waals surface area contributed by atoms with Crippen LogP contribution >= 0.6 is 0 Å². The van der Waals surface area contributed by atoms with Gasteiger partial charge in [-0.25, -0.2) is 9.97 Å². The number of benzene rings is 3. The smallest absolute Gasteiger partial charge is 0.160 e. The monoisotopic (exact) mass is 539 g/mol. The quantitative estimate of drug-likeness (QED) is 0.212. The molecule has 0 saturated carbocycles. The lowest BCUT2D eigenvalue weighted by atomic mass is 10.0. The van der Waals surface area contributed by atoms with Crippen molar-refractivity contribution in [3.63, 3.8) is 0 Å². The van der Waals surface area contributed by atoms with Crippen molar-refractivity contribution in [2.75, 3.05) is 0 Å². The van der Waals surface area contributed by atoms with E-state index in [1.54, 1.807) is 6.20 Å². The summed E-state index contributed by atoms with van der Waals surface area (Å²) in [4.78, 5) is 23.5. The highest BCUT2D eigenvalue weighted by Gasteiger charge is 2.12. The van der Waals surface area contributed by atoms with Gasteiger partial charge in [0.1, 0.15) is 0 Å². The predicted molar refractivity (Wildman–Crippen MR) is 168 cm³/mol. The van der Waals surface area contributed by atoms with Crippen molar-refractivity contribution in [2.45, 2.75) is 0 Å². The van der Waals surface area contributed by atoms with E-state index in [1.165, 1.54) is 0 Å². The standard InChI is InChI=1S/C37H25N5/c1-4-22-38-32(7-1)26-10-14-29(15-11-26)35-25-36(30-16-12-27(13-17-30)33-8-2-5-23-39-33)42-37(41-35)31-20-18-28(19-21-31)34-9-3-6-24-40-34/h1-25H. The molecule has 0 saturated heterocycles. The van der Waals surface area contributed by atoms with Gasteiger partial charge >= 0.3 is 0 Å². The van der Waals surface area contributed by atoms with E-state index in [2.05, 4.69) is 93.8 Å². The molecular formula is C37H25N5.